The molecular formula is C20H29N3O3. The van der Waals surface area contributed by atoms with Gasteiger partial charge in [0, 0.05) is 45.0 Å². The van der Waals surface area contributed by atoms with Crippen molar-refractivity contribution in [3.05, 3.63) is 30.1 Å². The zero-order valence-corrected chi connectivity index (χ0v) is 15.5. The Bertz CT molecular complexity index is 614. The summed E-state index contributed by atoms with van der Waals surface area (Å²) in [6.07, 6.45) is 6.78. The lowest BCUT2D eigenvalue weighted by Crippen LogP contribution is -2.46. The standard InChI is InChI=1S/C20H29N3O3/c1-2-15-14-23(20(26)17-4-3-8-21-13-17)9-5-16(15)12-19(25)22-10-6-18(24)7-11-22/h3-4,8,13,15-16,18,24H,2,5-7,9-12,14H2,1H3/t15-,16+/m1/s1. The van der Waals surface area contributed by atoms with E-state index in [0.717, 1.165) is 12.8 Å². The number of carbonyl (C=O) groups excluding carboxylic acids is 2. The van der Waals surface area contributed by atoms with E-state index in [0.29, 0.717) is 62.8 Å². The highest BCUT2D eigenvalue weighted by atomic mass is 16.3. The fourth-order valence-corrected chi connectivity index (χ4v) is 4.14. The number of hydrogen-bond acceptors (Lipinski definition) is 4. The van der Waals surface area contributed by atoms with Crippen molar-refractivity contribution in [1.29, 1.82) is 0 Å². The van der Waals surface area contributed by atoms with Crippen LogP contribution in [0.3, 0.4) is 0 Å². The Morgan fingerprint density at radius 2 is 1.88 bits per heavy atom. The minimum Gasteiger partial charge on any atom is -0.393 e. The van der Waals surface area contributed by atoms with Gasteiger partial charge in [-0.05, 0) is 43.2 Å². The molecule has 0 aromatic carbocycles. The lowest BCUT2D eigenvalue weighted by molar-refractivity contribution is -0.135. The molecule has 0 bridgehead atoms. The average Bonchev–Trinajstić information content (AvgIpc) is 2.69. The molecule has 3 rings (SSSR count). The molecule has 1 N–H and O–H groups in total. The van der Waals surface area contributed by atoms with Crippen LogP contribution in [-0.4, -0.2) is 64.0 Å². The number of piperidine rings is 2. The van der Waals surface area contributed by atoms with Gasteiger partial charge in [0.2, 0.25) is 5.91 Å². The highest BCUT2D eigenvalue weighted by Gasteiger charge is 2.33. The molecule has 6 nitrogen and oxygen atoms in total. The van der Waals surface area contributed by atoms with Crippen molar-refractivity contribution in [2.45, 2.75) is 45.1 Å². The first-order chi connectivity index (χ1) is 12.6. The molecule has 1 aromatic heterocycles. The van der Waals surface area contributed by atoms with Crippen molar-refractivity contribution in [2.24, 2.45) is 11.8 Å². The summed E-state index contributed by atoms with van der Waals surface area (Å²) in [7, 11) is 0. The van der Waals surface area contributed by atoms with Crippen LogP contribution < -0.4 is 0 Å². The summed E-state index contributed by atoms with van der Waals surface area (Å²) in [5.74, 6) is 0.916. The smallest absolute Gasteiger partial charge is 0.255 e. The average molecular weight is 359 g/mol. The third kappa shape index (κ3) is 4.41. The van der Waals surface area contributed by atoms with Gasteiger partial charge in [-0.2, -0.15) is 0 Å². The summed E-state index contributed by atoms with van der Waals surface area (Å²) in [6, 6.07) is 3.59. The van der Waals surface area contributed by atoms with E-state index in [4.69, 9.17) is 0 Å². The maximum Gasteiger partial charge on any atom is 0.255 e. The number of aliphatic hydroxyl groups excluding tert-OH is 1. The molecule has 0 unspecified atom stereocenters. The summed E-state index contributed by atoms with van der Waals surface area (Å²) in [4.78, 5) is 33.1. The summed E-state index contributed by atoms with van der Waals surface area (Å²) in [6.45, 7) is 4.86. The van der Waals surface area contributed by atoms with Gasteiger partial charge in [-0.25, -0.2) is 0 Å². The molecule has 2 aliphatic heterocycles. The highest BCUT2D eigenvalue weighted by molar-refractivity contribution is 5.94. The van der Waals surface area contributed by atoms with Crippen molar-refractivity contribution >= 4 is 11.8 Å². The van der Waals surface area contributed by atoms with Gasteiger partial charge in [0.25, 0.3) is 5.91 Å². The zero-order valence-electron chi connectivity index (χ0n) is 15.5. The van der Waals surface area contributed by atoms with E-state index in [1.54, 1.807) is 24.5 Å². The predicted octanol–water partition coefficient (Wildman–Crippen LogP) is 1.94. The Morgan fingerprint density at radius 1 is 1.15 bits per heavy atom. The Balaban J connectivity index is 1.56. The molecule has 2 amide bonds. The monoisotopic (exact) mass is 359 g/mol. The van der Waals surface area contributed by atoms with Crippen molar-refractivity contribution in [1.82, 2.24) is 14.8 Å². The maximum absolute atomic E-state index is 12.7. The van der Waals surface area contributed by atoms with Crippen LogP contribution in [0.1, 0.15) is 49.4 Å². The van der Waals surface area contributed by atoms with Gasteiger partial charge in [-0.3, -0.25) is 14.6 Å². The van der Waals surface area contributed by atoms with Gasteiger partial charge in [0.05, 0.1) is 11.7 Å². The molecule has 2 atom stereocenters. The van der Waals surface area contributed by atoms with Gasteiger partial charge < -0.3 is 14.9 Å². The number of hydrogen-bond donors (Lipinski definition) is 1. The van der Waals surface area contributed by atoms with Crippen molar-refractivity contribution < 1.29 is 14.7 Å². The van der Waals surface area contributed by atoms with Crippen LogP contribution in [0.25, 0.3) is 0 Å². The van der Waals surface area contributed by atoms with Gasteiger partial charge in [-0.1, -0.05) is 13.3 Å². The first kappa shape index (κ1) is 18.8. The summed E-state index contributed by atoms with van der Waals surface area (Å²) in [5, 5.41) is 9.61. The molecule has 2 saturated heterocycles. The van der Waals surface area contributed by atoms with E-state index in [-0.39, 0.29) is 17.9 Å². The number of carbonyl (C=O) groups is 2. The van der Waals surface area contributed by atoms with E-state index in [2.05, 4.69) is 11.9 Å². The molecule has 3 heterocycles. The number of nitrogens with zero attached hydrogens (tertiary/aromatic N) is 3. The molecule has 2 aliphatic rings. The Hall–Kier alpha value is -1.95. The molecule has 0 spiro atoms. The largest absolute Gasteiger partial charge is 0.393 e. The fraction of sp³-hybridized carbons (Fsp3) is 0.650. The zero-order chi connectivity index (χ0) is 18.5. The third-order valence-electron chi connectivity index (χ3n) is 5.87. The molecule has 1 aromatic rings. The molecule has 0 saturated carbocycles. The molecule has 6 heteroatoms. The number of rotatable bonds is 4. The number of likely N-dealkylation sites (tertiary alicyclic amines) is 2. The van der Waals surface area contributed by atoms with Gasteiger partial charge in [-0.15, -0.1) is 0 Å². The lowest BCUT2D eigenvalue weighted by Gasteiger charge is -2.39. The Labute approximate surface area is 155 Å². The summed E-state index contributed by atoms with van der Waals surface area (Å²) >= 11 is 0. The van der Waals surface area contributed by atoms with Crippen LogP contribution in [0, 0.1) is 11.8 Å². The Kier molecular flexibility index (Phi) is 6.25. The minimum absolute atomic E-state index is 0.0337. The summed E-state index contributed by atoms with van der Waals surface area (Å²) < 4.78 is 0. The first-order valence-electron chi connectivity index (χ1n) is 9.73. The number of amides is 2. The maximum atomic E-state index is 12.7. The summed E-state index contributed by atoms with van der Waals surface area (Å²) in [5.41, 5.74) is 0.628. The number of aliphatic hydroxyl groups is 1. The molecule has 26 heavy (non-hydrogen) atoms. The van der Waals surface area contributed by atoms with Crippen molar-refractivity contribution in [3.8, 4) is 0 Å². The van der Waals surface area contributed by atoms with Gasteiger partial charge >= 0.3 is 0 Å². The van der Waals surface area contributed by atoms with Crippen molar-refractivity contribution in [3.63, 3.8) is 0 Å². The van der Waals surface area contributed by atoms with Crippen LogP contribution in [0.15, 0.2) is 24.5 Å². The van der Waals surface area contributed by atoms with Crippen LogP contribution in [0.5, 0.6) is 0 Å². The van der Waals surface area contributed by atoms with E-state index in [1.165, 1.54) is 0 Å². The van der Waals surface area contributed by atoms with Gasteiger partial charge in [0.15, 0.2) is 0 Å². The SMILES string of the molecule is CC[C@@H]1CN(C(=O)c2cccnc2)CC[C@H]1CC(=O)N1CCC(O)CC1. The van der Waals surface area contributed by atoms with Crippen molar-refractivity contribution in [2.75, 3.05) is 26.2 Å². The highest BCUT2D eigenvalue weighted by Crippen LogP contribution is 2.30. The minimum atomic E-state index is -0.260. The normalized spacial score (nSPS) is 24.5. The fourth-order valence-electron chi connectivity index (χ4n) is 4.14. The third-order valence-corrected chi connectivity index (χ3v) is 5.87. The molecule has 0 aliphatic carbocycles. The van der Waals surface area contributed by atoms with Crippen LogP contribution in [-0.2, 0) is 4.79 Å². The molecule has 142 valence electrons. The number of pyridine rings is 1. The van der Waals surface area contributed by atoms with E-state index in [9.17, 15) is 14.7 Å². The van der Waals surface area contributed by atoms with Crippen LogP contribution in [0.4, 0.5) is 0 Å². The topological polar surface area (TPSA) is 73.7 Å². The van der Waals surface area contributed by atoms with Gasteiger partial charge in [0.1, 0.15) is 0 Å². The Morgan fingerprint density at radius 3 is 2.54 bits per heavy atom. The van der Waals surface area contributed by atoms with E-state index in [1.807, 2.05) is 9.80 Å². The second-order valence-corrected chi connectivity index (χ2v) is 7.53. The number of aromatic nitrogens is 1. The predicted molar refractivity (Wildman–Crippen MR) is 98.5 cm³/mol. The second kappa shape index (κ2) is 8.62. The van der Waals surface area contributed by atoms with E-state index < -0.39 is 0 Å². The molecular weight excluding hydrogens is 330 g/mol. The second-order valence-electron chi connectivity index (χ2n) is 7.53. The molecule has 0 radical (unpaired) electrons. The van der Waals surface area contributed by atoms with Crippen LogP contribution in [0.2, 0.25) is 0 Å². The quantitative estimate of drug-likeness (QED) is 0.892. The van der Waals surface area contributed by atoms with E-state index >= 15 is 0 Å². The van der Waals surface area contributed by atoms with Crippen LogP contribution >= 0.6 is 0 Å². The first-order valence-corrected chi connectivity index (χ1v) is 9.73. The molecule has 2 fully saturated rings. The lowest BCUT2D eigenvalue weighted by atomic mass is 9.81.